The number of rotatable bonds is 5. The first-order chi connectivity index (χ1) is 10.5. The second-order valence-electron chi connectivity index (χ2n) is 4.45. The van der Waals surface area contributed by atoms with Crippen molar-refractivity contribution in [1.82, 2.24) is 0 Å². The van der Waals surface area contributed by atoms with Gasteiger partial charge in [-0.1, -0.05) is 35.9 Å². The van der Waals surface area contributed by atoms with Gasteiger partial charge in [-0.2, -0.15) is 0 Å². The monoisotopic (exact) mass is 336 g/mol. The fraction of sp³-hybridized carbons (Fsp3) is 0.133. The Balaban J connectivity index is 2.09. The quantitative estimate of drug-likeness (QED) is 0.500. The Labute approximate surface area is 136 Å². The summed E-state index contributed by atoms with van der Waals surface area (Å²) in [5, 5.41) is 13.6. The lowest BCUT2D eigenvalue weighted by molar-refractivity contribution is -0.383. The Hall–Kier alpha value is -2.05. The lowest BCUT2D eigenvalue weighted by Crippen LogP contribution is -2.22. The van der Waals surface area contributed by atoms with Crippen LogP contribution in [0.25, 0.3) is 0 Å². The number of carbonyl (C=O) groups is 1. The Bertz CT molecular complexity index is 709. The maximum Gasteiger partial charge on any atom is 0.292 e. The molecule has 0 aliphatic heterocycles. The number of hydrogen-bond acceptors (Lipinski definition) is 4. The average Bonchev–Trinajstić information content (AvgIpc) is 2.49. The molecule has 0 heterocycles. The van der Waals surface area contributed by atoms with Crippen molar-refractivity contribution in [3.8, 4) is 0 Å². The number of para-hydroxylation sites is 2. The van der Waals surface area contributed by atoms with E-state index in [1.165, 1.54) is 23.9 Å². The molecule has 0 saturated carbocycles. The number of nitro groups is 1. The van der Waals surface area contributed by atoms with Crippen molar-refractivity contribution in [1.29, 1.82) is 0 Å². The molecule has 1 N–H and O–H groups in total. The van der Waals surface area contributed by atoms with Crippen molar-refractivity contribution < 1.29 is 9.72 Å². The molecule has 0 saturated heterocycles. The number of nitrogens with zero attached hydrogens (tertiary/aromatic N) is 1. The number of anilines is 1. The van der Waals surface area contributed by atoms with Crippen LogP contribution in [-0.2, 0) is 4.79 Å². The number of benzene rings is 2. The van der Waals surface area contributed by atoms with E-state index in [1.54, 1.807) is 25.1 Å². The Morgan fingerprint density at radius 3 is 2.55 bits per heavy atom. The highest BCUT2D eigenvalue weighted by Gasteiger charge is 2.20. The molecule has 22 heavy (non-hydrogen) atoms. The molecule has 0 aromatic heterocycles. The summed E-state index contributed by atoms with van der Waals surface area (Å²) in [5.74, 6) is -0.320. The fourth-order valence-corrected chi connectivity index (χ4v) is 2.91. The van der Waals surface area contributed by atoms with Gasteiger partial charge in [0.25, 0.3) is 5.69 Å². The summed E-state index contributed by atoms with van der Waals surface area (Å²) < 4.78 is 0. The minimum absolute atomic E-state index is 0.134. The first kappa shape index (κ1) is 16.3. The van der Waals surface area contributed by atoms with Crippen LogP contribution < -0.4 is 5.32 Å². The van der Waals surface area contributed by atoms with Gasteiger partial charge in [0.1, 0.15) is 5.69 Å². The smallest absolute Gasteiger partial charge is 0.292 e. The fourth-order valence-electron chi connectivity index (χ4n) is 1.76. The number of carbonyl (C=O) groups excluding carboxylic acids is 1. The molecule has 0 spiro atoms. The van der Waals surface area contributed by atoms with E-state index in [-0.39, 0.29) is 17.3 Å². The Kier molecular flexibility index (Phi) is 5.41. The van der Waals surface area contributed by atoms with Crippen LogP contribution in [0.3, 0.4) is 0 Å². The van der Waals surface area contributed by atoms with Crippen LogP contribution in [0.2, 0.25) is 5.02 Å². The third-order valence-electron chi connectivity index (χ3n) is 2.87. The van der Waals surface area contributed by atoms with Crippen molar-refractivity contribution >= 4 is 40.6 Å². The van der Waals surface area contributed by atoms with E-state index >= 15 is 0 Å². The SMILES string of the molecule is CC(Sc1ccccc1Cl)C(=O)Nc1ccccc1[N+](=O)[O-]. The summed E-state index contributed by atoms with van der Waals surface area (Å²) in [6, 6.07) is 13.2. The largest absolute Gasteiger partial charge is 0.319 e. The highest BCUT2D eigenvalue weighted by molar-refractivity contribution is 8.00. The molecule has 114 valence electrons. The van der Waals surface area contributed by atoms with Gasteiger partial charge in [0.2, 0.25) is 5.91 Å². The third-order valence-corrected chi connectivity index (χ3v) is 4.49. The van der Waals surface area contributed by atoms with Crippen molar-refractivity contribution in [3.05, 3.63) is 63.7 Å². The Morgan fingerprint density at radius 2 is 1.86 bits per heavy atom. The van der Waals surface area contributed by atoms with Gasteiger partial charge in [-0.05, 0) is 25.1 Å². The molecule has 0 radical (unpaired) electrons. The van der Waals surface area contributed by atoms with Crippen molar-refractivity contribution in [3.63, 3.8) is 0 Å². The molecular weight excluding hydrogens is 324 g/mol. The number of halogens is 1. The molecule has 1 atom stereocenters. The average molecular weight is 337 g/mol. The molecule has 0 aliphatic carbocycles. The molecule has 2 rings (SSSR count). The van der Waals surface area contributed by atoms with Crippen LogP contribution >= 0.6 is 23.4 Å². The molecule has 1 unspecified atom stereocenters. The normalized spacial score (nSPS) is 11.7. The van der Waals surface area contributed by atoms with Crippen LogP contribution in [-0.4, -0.2) is 16.1 Å². The minimum Gasteiger partial charge on any atom is -0.319 e. The van der Waals surface area contributed by atoms with E-state index in [9.17, 15) is 14.9 Å². The van der Waals surface area contributed by atoms with Crippen LogP contribution in [0.15, 0.2) is 53.4 Å². The lowest BCUT2D eigenvalue weighted by atomic mass is 10.2. The standard InChI is InChI=1S/C15H13ClN2O3S/c1-10(22-14-9-5-2-6-11(14)16)15(19)17-12-7-3-4-8-13(12)18(20)21/h2-10H,1H3,(H,17,19). The lowest BCUT2D eigenvalue weighted by Gasteiger charge is -2.12. The van der Waals surface area contributed by atoms with E-state index in [0.29, 0.717) is 5.02 Å². The van der Waals surface area contributed by atoms with Gasteiger partial charge in [-0.3, -0.25) is 14.9 Å². The highest BCUT2D eigenvalue weighted by Crippen LogP contribution is 2.31. The molecule has 7 heteroatoms. The van der Waals surface area contributed by atoms with Crippen molar-refractivity contribution in [2.75, 3.05) is 5.32 Å². The zero-order valence-corrected chi connectivity index (χ0v) is 13.2. The van der Waals surface area contributed by atoms with E-state index in [1.807, 2.05) is 18.2 Å². The molecule has 0 aliphatic rings. The van der Waals surface area contributed by atoms with Gasteiger partial charge in [-0.25, -0.2) is 0 Å². The van der Waals surface area contributed by atoms with E-state index < -0.39 is 10.2 Å². The van der Waals surface area contributed by atoms with Gasteiger partial charge in [0.05, 0.1) is 15.2 Å². The summed E-state index contributed by atoms with van der Waals surface area (Å²) in [4.78, 5) is 23.4. The van der Waals surface area contributed by atoms with Gasteiger partial charge in [0, 0.05) is 11.0 Å². The second kappa shape index (κ2) is 7.29. The molecular formula is C15H13ClN2O3S. The number of hydrogen-bond donors (Lipinski definition) is 1. The maximum absolute atomic E-state index is 12.2. The summed E-state index contributed by atoms with van der Waals surface area (Å²) in [6.07, 6.45) is 0. The zero-order valence-electron chi connectivity index (χ0n) is 11.7. The van der Waals surface area contributed by atoms with Gasteiger partial charge in [0.15, 0.2) is 0 Å². The molecule has 2 aromatic carbocycles. The number of amides is 1. The summed E-state index contributed by atoms with van der Waals surface area (Å²) in [5.41, 5.74) is 0.0508. The van der Waals surface area contributed by atoms with Gasteiger partial charge < -0.3 is 5.32 Å². The van der Waals surface area contributed by atoms with Crippen molar-refractivity contribution in [2.45, 2.75) is 17.1 Å². The maximum atomic E-state index is 12.2. The number of nitrogens with one attached hydrogen (secondary N) is 1. The molecule has 5 nitrogen and oxygen atoms in total. The van der Waals surface area contributed by atoms with E-state index in [2.05, 4.69) is 5.32 Å². The minimum atomic E-state index is -0.526. The molecule has 0 fully saturated rings. The van der Waals surface area contributed by atoms with Crippen LogP contribution in [0.5, 0.6) is 0 Å². The zero-order chi connectivity index (χ0) is 16.1. The molecule has 0 bridgehead atoms. The Morgan fingerprint density at radius 1 is 1.23 bits per heavy atom. The molecule has 1 amide bonds. The molecule has 2 aromatic rings. The predicted molar refractivity (Wildman–Crippen MR) is 88.5 cm³/mol. The summed E-state index contributed by atoms with van der Waals surface area (Å²) in [7, 11) is 0. The van der Waals surface area contributed by atoms with Crippen molar-refractivity contribution in [2.24, 2.45) is 0 Å². The first-order valence-electron chi connectivity index (χ1n) is 6.44. The van der Waals surface area contributed by atoms with Gasteiger partial charge in [-0.15, -0.1) is 11.8 Å². The number of thioether (sulfide) groups is 1. The predicted octanol–water partition coefficient (Wildman–Crippen LogP) is 4.37. The van der Waals surface area contributed by atoms with Crippen LogP contribution in [0.1, 0.15) is 6.92 Å². The first-order valence-corrected chi connectivity index (χ1v) is 7.70. The van der Waals surface area contributed by atoms with Gasteiger partial charge >= 0.3 is 0 Å². The topological polar surface area (TPSA) is 72.2 Å². The summed E-state index contributed by atoms with van der Waals surface area (Å²) >= 11 is 7.36. The second-order valence-corrected chi connectivity index (χ2v) is 6.24. The number of nitro benzene ring substituents is 1. The van der Waals surface area contributed by atoms with E-state index in [0.717, 1.165) is 4.90 Å². The van der Waals surface area contributed by atoms with E-state index in [4.69, 9.17) is 11.6 Å². The summed E-state index contributed by atoms with van der Waals surface area (Å²) in [6.45, 7) is 1.72. The van der Waals surface area contributed by atoms with Crippen LogP contribution in [0, 0.1) is 10.1 Å². The highest BCUT2D eigenvalue weighted by atomic mass is 35.5. The van der Waals surface area contributed by atoms with Crippen LogP contribution in [0.4, 0.5) is 11.4 Å². The third kappa shape index (κ3) is 3.99.